The van der Waals surface area contributed by atoms with Crippen LogP contribution in [-0.2, 0) is 0 Å². The van der Waals surface area contributed by atoms with Gasteiger partial charge in [-0.15, -0.1) is 0 Å². The molecule has 2 N–H and O–H groups in total. The first-order valence-electron chi connectivity index (χ1n) is 6.62. The van der Waals surface area contributed by atoms with E-state index in [2.05, 4.69) is 29.6 Å². The lowest BCUT2D eigenvalue weighted by molar-refractivity contribution is 0.0778. The molecule has 0 saturated carbocycles. The van der Waals surface area contributed by atoms with Crippen LogP contribution in [0.15, 0.2) is 60.7 Å². The van der Waals surface area contributed by atoms with Gasteiger partial charge in [-0.3, -0.25) is 0 Å². The smallest absolute Gasteiger partial charge is 0.0715 e. The van der Waals surface area contributed by atoms with Gasteiger partial charge in [0.25, 0.3) is 0 Å². The van der Waals surface area contributed by atoms with Gasteiger partial charge in [-0.2, -0.15) is 0 Å². The van der Waals surface area contributed by atoms with Gasteiger partial charge < -0.3 is 10.4 Å². The van der Waals surface area contributed by atoms with Crippen LogP contribution in [0.4, 0.5) is 0 Å². The summed E-state index contributed by atoms with van der Waals surface area (Å²) in [5.41, 5.74) is 1.69. The fraction of sp³-hybridized carbons (Fsp3) is 0.294. The topological polar surface area (TPSA) is 32.3 Å². The van der Waals surface area contributed by atoms with Crippen LogP contribution in [0, 0.1) is 0 Å². The summed E-state index contributed by atoms with van der Waals surface area (Å²) in [4.78, 5) is 0. The van der Waals surface area contributed by atoms with Crippen molar-refractivity contribution < 1.29 is 5.11 Å². The lowest BCUT2D eigenvalue weighted by Crippen LogP contribution is -2.37. The highest BCUT2D eigenvalue weighted by Crippen LogP contribution is 2.22. The molecule has 0 unspecified atom stereocenters. The average molecular weight is 255 g/mol. The van der Waals surface area contributed by atoms with Crippen molar-refractivity contribution in [1.82, 2.24) is 5.32 Å². The Morgan fingerprint density at radius 2 is 1.32 bits per heavy atom. The van der Waals surface area contributed by atoms with Crippen LogP contribution in [0.1, 0.15) is 31.0 Å². The van der Waals surface area contributed by atoms with E-state index in [9.17, 15) is 5.11 Å². The largest absolute Gasteiger partial charge is 0.389 e. The van der Waals surface area contributed by atoms with Gasteiger partial charge in [0.15, 0.2) is 0 Å². The molecule has 2 heteroatoms. The molecule has 0 aliphatic carbocycles. The van der Waals surface area contributed by atoms with Gasteiger partial charge >= 0.3 is 0 Å². The second kappa shape index (κ2) is 6.00. The zero-order valence-electron chi connectivity index (χ0n) is 11.5. The molecule has 0 spiro atoms. The predicted octanol–water partition coefficient (Wildman–Crippen LogP) is 3.14. The van der Waals surface area contributed by atoms with Crippen molar-refractivity contribution in [2.75, 3.05) is 6.54 Å². The Hall–Kier alpha value is -1.64. The second-order valence-corrected chi connectivity index (χ2v) is 5.45. The molecule has 0 aliphatic rings. The Bertz CT molecular complexity index is 448. The van der Waals surface area contributed by atoms with Crippen molar-refractivity contribution in [2.24, 2.45) is 0 Å². The molecule has 2 nitrogen and oxygen atoms in total. The van der Waals surface area contributed by atoms with Crippen molar-refractivity contribution >= 4 is 0 Å². The van der Waals surface area contributed by atoms with E-state index in [0.29, 0.717) is 6.54 Å². The molecule has 0 amide bonds. The van der Waals surface area contributed by atoms with Crippen LogP contribution in [0.2, 0.25) is 0 Å². The quantitative estimate of drug-likeness (QED) is 0.860. The van der Waals surface area contributed by atoms with E-state index in [1.165, 1.54) is 11.1 Å². The first-order chi connectivity index (χ1) is 9.06. The van der Waals surface area contributed by atoms with Crippen molar-refractivity contribution in [1.29, 1.82) is 0 Å². The summed E-state index contributed by atoms with van der Waals surface area (Å²) in [5.74, 6) is 0. The summed E-state index contributed by atoms with van der Waals surface area (Å²) in [6.45, 7) is 4.17. The SMILES string of the molecule is CC(C)(O)CNC(c1ccccc1)c1ccccc1. The van der Waals surface area contributed by atoms with Gasteiger partial charge in [0.2, 0.25) is 0 Å². The Balaban J connectivity index is 2.24. The van der Waals surface area contributed by atoms with Crippen LogP contribution < -0.4 is 5.32 Å². The molecule has 0 bridgehead atoms. The zero-order chi connectivity index (χ0) is 13.7. The zero-order valence-corrected chi connectivity index (χ0v) is 11.5. The predicted molar refractivity (Wildman–Crippen MR) is 79.0 cm³/mol. The van der Waals surface area contributed by atoms with Crippen molar-refractivity contribution in [3.8, 4) is 0 Å². The Kier molecular flexibility index (Phi) is 4.35. The van der Waals surface area contributed by atoms with Gasteiger partial charge in [-0.05, 0) is 25.0 Å². The van der Waals surface area contributed by atoms with E-state index in [-0.39, 0.29) is 6.04 Å². The van der Waals surface area contributed by atoms with Crippen LogP contribution in [0.3, 0.4) is 0 Å². The highest BCUT2D eigenvalue weighted by molar-refractivity contribution is 5.31. The van der Waals surface area contributed by atoms with E-state index in [1.807, 2.05) is 50.2 Å². The van der Waals surface area contributed by atoms with E-state index in [1.54, 1.807) is 0 Å². The Labute approximate surface area is 115 Å². The molecule has 0 heterocycles. The number of hydrogen-bond donors (Lipinski definition) is 2. The molecule has 0 saturated heterocycles. The van der Waals surface area contributed by atoms with Crippen molar-refractivity contribution in [3.05, 3.63) is 71.8 Å². The maximum absolute atomic E-state index is 9.90. The average Bonchev–Trinajstić information content (AvgIpc) is 2.40. The maximum atomic E-state index is 9.90. The molecule has 2 aromatic carbocycles. The lowest BCUT2D eigenvalue weighted by Gasteiger charge is -2.25. The molecule has 2 rings (SSSR count). The van der Waals surface area contributed by atoms with Crippen LogP contribution in [-0.4, -0.2) is 17.3 Å². The molecule has 19 heavy (non-hydrogen) atoms. The van der Waals surface area contributed by atoms with Gasteiger partial charge in [0.05, 0.1) is 11.6 Å². The minimum atomic E-state index is -0.720. The molecule has 0 atom stereocenters. The number of nitrogens with one attached hydrogen (secondary N) is 1. The summed E-state index contributed by atoms with van der Waals surface area (Å²) in [5, 5.41) is 13.3. The third-order valence-electron chi connectivity index (χ3n) is 3.00. The van der Waals surface area contributed by atoms with Gasteiger partial charge in [0.1, 0.15) is 0 Å². The number of hydrogen-bond acceptors (Lipinski definition) is 2. The number of benzene rings is 2. The lowest BCUT2D eigenvalue weighted by atomic mass is 9.98. The van der Waals surface area contributed by atoms with Crippen LogP contribution in [0.5, 0.6) is 0 Å². The first kappa shape index (κ1) is 13.8. The Morgan fingerprint density at radius 3 is 1.68 bits per heavy atom. The molecule has 0 aromatic heterocycles. The van der Waals surface area contributed by atoms with Crippen molar-refractivity contribution in [3.63, 3.8) is 0 Å². The Morgan fingerprint density at radius 1 is 0.895 bits per heavy atom. The van der Waals surface area contributed by atoms with Crippen LogP contribution in [0.25, 0.3) is 0 Å². The molecule has 2 aromatic rings. The van der Waals surface area contributed by atoms with E-state index in [0.717, 1.165) is 0 Å². The summed E-state index contributed by atoms with van der Waals surface area (Å²) in [6.07, 6.45) is 0. The summed E-state index contributed by atoms with van der Waals surface area (Å²) in [7, 11) is 0. The van der Waals surface area contributed by atoms with E-state index in [4.69, 9.17) is 0 Å². The standard InChI is InChI=1S/C17H21NO/c1-17(2,19)13-18-16(14-9-5-3-6-10-14)15-11-7-4-8-12-15/h3-12,16,18-19H,13H2,1-2H3. The number of aliphatic hydroxyl groups is 1. The highest BCUT2D eigenvalue weighted by Gasteiger charge is 2.18. The highest BCUT2D eigenvalue weighted by atomic mass is 16.3. The molecular weight excluding hydrogens is 234 g/mol. The summed E-state index contributed by atoms with van der Waals surface area (Å²) >= 11 is 0. The molecular formula is C17H21NO. The monoisotopic (exact) mass is 255 g/mol. The third-order valence-corrected chi connectivity index (χ3v) is 3.00. The molecule has 0 radical (unpaired) electrons. The third kappa shape index (κ3) is 4.19. The molecule has 0 fully saturated rings. The molecule has 0 aliphatic heterocycles. The fourth-order valence-electron chi connectivity index (χ4n) is 2.07. The van der Waals surface area contributed by atoms with Gasteiger partial charge in [0, 0.05) is 6.54 Å². The van der Waals surface area contributed by atoms with E-state index >= 15 is 0 Å². The summed E-state index contributed by atoms with van der Waals surface area (Å²) < 4.78 is 0. The minimum Gasteiger partial charge on any atom is -0.389 e. The fourth-order valence-corrected chi connectivity index (χ4v) is 2.07. The molecule has 100 valence electrons. The van der Waals surface area contributed by atoms with Gasteiger partial charge in [-0.1, -0.05) is 60.7 Å². The first-order valence-corrected chi connectivity index (χ1v) is 6.62. The van der Waals surface area contributed by atoms with Crippen molar-refractivity contribution in [2.45, 2.75) is 25.5 Å². The second-order valence-electron chi connectivity index (χ2n) is 5.45. The minimum absolute atomic E-state index is 0.105. The van der Waals surface area contributed by atoms with Gasteiger partial charge in [-0.25, -0.2) is 0 Å². The normalized spacial score (nSPS) is 11.8. The maximum Gasteiger partial charge on any atom is 0.0715 e. The van der Waals surface area contributed by atoms with E-state index < -0.39 is 5.60 Å². The summed E-state index contributed by atoms with van der Waals surface area (Å²) in [6, 6.07) is 20.7. The number of rotatable bonds is 5. The van der Waals surface area contributed by atoms with Crippen LogP contribution >= 0.6 is 0 Å².